The van der Waals surface area contributed by atoms with E-state index in [1.165, 1.54) is 0 Å². The number of anilines is 1. The Hall–Kier alpha value is -2.10. The number of para-hydroxylation sites is 1. The molecule has 3 rings (SSSR count). The van der Waals surface area contributed by atoms with Crippen LogP contribution in [0.25, 0.3) is 10.9 Å². The fraction of sp³-hybridized carbons (Fsp3) is 0.412. The maximum atomic E-state index is 11.4. The lowest BCUT2D eigenvalue weighted by Gasteiger charge is -2.32. The fourth-order valence-corrected chi connectivity index (χ4v) is 2.92. The maximum Gasteiger partial charge on any atom is 0.219 e. The molecule has 1 aromatic heterocycles. The molecule has 0 aliphatic carbocycles. The molecule has 1 saturated heterocycles. The molecule has 0 spiro atoms. The van der Waals surface area contributed by atoms with Gasteiger partial charge >= 0.3 is 0 Å². The predicted molar refractivity (Wildman–Crippen MR) is 85.4 cm³/mol. The minimum atomic E-state index is 0.177. The monoisotopic (exact) mass is 283 g/mol. The van der Waals surface area contributed by atoms with E-state index in [0.717, 1.165) is 48.2 Å². The van der Waals surface area contributed by atoms with E-state index in [2.05, 4.69) is 34.6 Å². The molecule has 0 unspecified atom stereocenters. The first-order valence-corrected chi connectivity index (χ1v) is 7.52. The van der Waals surface area contributed by atoms with Crippen molar-refractivity contribution in [2.75, 3.05) is 18.4 Å². The zero-order valence-electron chi connectivity index (χ0n) is 12.6. The Bertz CT molecular complexity index is 660. The van der Waals surface area contributed by atoms with Gasteiger partial charge in [0, 0.05) is 37.1 Å². The molecule has 21 heavy (non-hydrogen) atoms. The van der Waals surface area contributed by atoms with Crippen LogP contribution in [0, 0.1) is 6.92 Å². The highest BCUT2D eigenvalue weighted by Crippen LogP contribution is 2.24. The average Bonchev–Trinajstić information content (AvgIpc) is 2.48. The van der Waals surface area contributed by atoms with Crippen molar-refractivity contribution in [3.8, 4) is 0 Å². The van der Waals surface area contributed by atoms with Gasteiger partial charge in [-0.25, -0.2) is 0 Å². The average molecular weight is 283 g/mol. The van der Waals surface area contributed by atoms with Crippen LogP contribution < -0.4 is 5.32 Å². The first-order chi connectivity index (χ1) is 10.1. The molecule has 2 heterocycles. The van der Waals surface area contributed by atoms with Crippen molar-refractivity contribution in [3.63, 3.8) is 0 Å². The Morgan fingerprint density at radius 2 is 2.00 bits per heavy atom. The van der Waals surface area contributed by atoms with Gasteiger partial charge in [-0.2, -0.15) is 0 Å². The number of hydrogen-bond donors (Lipinski definition) is 1. The fourth-order valence-electron chi connectivity index (χ4n) is 2.92. The van der Waals surface area contributed by atoms with Gasteiger partial charge in [0.05, 0.1) is 11.2 Å². The van der Waals surface area contributed by atoms with Crippen molar-refractivity contribution < 1.29 is 4.79 Å². The van der Waals surface area contributed by atoms with Crippen molar-refractivity contribution in [2.45, 2.75) is 32.7 Å². The van der Waals surface area contributed by atoms with Gasteiger partial charge in [-0.3, -0.25) is 9.78 Å². The highest BCUT2D eigenvalue weighted by molar-refractivity contribution is 5.90. The number of hydrogen-bond acceptors (Lipinski definition) is 3. The van der Waals surface area contributed by atoms with Crippen LogP contribution in [-0.2, 0) is 4.79 Å². The standard InChI is InChI=1S/C17H21N3O/c1-12-6-7-14-4-3-5-16(17(14)18-12)19-15-8-10-20(11-9-15)13(2)21/h3-7,15,19H,8-11H2,1-2H3. The predicted octanol–water partition coefficient (Wildman–Crippen LogP) is 2.97. The van der Waals surface area contributed by atoms with Gasteiger partial charge in [0.25, 0.3) is 0 Å². The third kappa shape index (κ3) is 2.99. The lowest BCUT2D eigenvalue weighted by molar-refractivity contribution is -0.129. The number of rotatable bonds is 2. The number of nitrogens with zero attached hydrogens (tertiary/aromatic N) is 2. The molecule has 1 fully saturated rings. The van der Waals surface area contributed by atoms with E-state index in [1.54, 1.807) is 6.92 Å². The molecule has 1 aliphatic heterocycles. The minimum Gasteiger partial charge on any atom is -0.380 e. The van der Waals surface area contributed by atoms with E-state index >= 15 is 0 Å². The highest BCUT2D eigenvalue weighted by Gasteiger charge is 2.20. The number of benzene rings is 1. The summed E-state index contributed by atoms with van der Waals surface area (Å²) in [4.78, 5) is 17.9. The Morgan fingerprint density at radius 1 is 1.24 bits per heavy atom. The molecule has 0 radical (unpaired) electrons. The second kappa shape index (κ2) is 5.72. The van der Waals surface area contributed by atoms with Gasteiger partial charge in [0.1, 0.15) is 0 Å². The molecular weight excluding hydrogens is 262 g/mol. The van der Waals surface area contributed by atoms with E-state index in [1.807, 2.05) is 17.9 Å². The van der Waals surface area contributed by atoms with Crippen molar-refractivity contribution in [1.82, 2.24) is 9.88 Å². The van der Waals surface area contributed by atoms with Crippen molar-refractivity contribution >= 4 is 22.5 Å². The zero-order valence-corrected chi connectivity index (χ0v) is 12.6. The van der Waals surface area contributed by atoms with Crippen LogP contribution in [0.1, 0.15) is 25.5 Å². The van der Waals surface area contributed by atoms with Crippen LogP contribution in [0.15, 0.2) is 30.3 Å². The SMILES string of the molecule is CC(=O)N1CCC(Nc2cccc3ccc(C)nc23)CC1. The van der Waals surface area contributed by atoms with Crippen LogP contribution in [0.2, 0.25) is 0 Å². The van der Waals surface area contributed by atoms with E-state index in [9.17, 15) is 4.79 Å². The Balaban J connectivity index is 1.77. The third-order valence-electron chi connectivity index (χ3n) is 4.16. The summed E-state index contributed by atoms with van der Waals surface area (Å²) in [6.07, 6.45) is 1.98. The number of fused-ring (bicyclic) bond motifs is 1. The van der Waals surface area contributed by atoms with Crippen LogP contribution in [0.3, 0.4) is 0 Å². The number of carbonyl (C=O) groups excluding carboxylic acids is 1. The van der Waals surface area contributed by atoms with E-state index < -0.39 is 0 Å². The Morgan fingerprint density at radius 3 is 2.71 bits per heavy atom. The summed E-state index contributed by atoms with van der Waals surface area (Å²) < 4.78 is 0. The van der Waals surface area contributed by atoms with Crippen LogP contribution >= 0.6 is 0 Å². The number of aryl methyl sites for hydroxylation is 1. The second-order valence-corrected chi connectivity index (χ2v) is 5.75. The summed E-state index contributed by atoms with van der Waals surface area (Å²) in [5.74, 6) is 0.177. The Labute approximate surface area is 125 Å². The van der Waals surface area contributed by atoms with Crippen molar-refractivity contribution in [2.24, 2.45) is 0 Å². The van der Waals surface area contributed by atoms with Gasteiger partial charge in [-0.1, -0.05) is 18.2 Å². The van der Waals surface area contributed by atoms with E-state index in [0.29, 0.717) is 6.04 Å². The molecule has 2 aromatic rings. The molecular formula is C17H21N3O. The van der Waals surface area contributed by atoms with Gasteiger partial charge in [-0.15, -0.1) is 0 Å². The van der Waals surface area contributed by atoms with E-state index in [-0.39, 0.29) is 5.91 Å². The van der Waals surface area contributed by atoms with Gasteiger partial charge in [-0.05, 0) is 31.9 Å². The lowest BCUT2D eigenvalue weighted by Crippen LogP contribution is -2.41. The number of pyridine rings is 1. The summed E-state index contributed by atoms with van der Waals surface area (Å²) in [6, 6.07) is 10.8. The molecule has 1 amide bonds. The number of piperidine rings is 1. The molecule has 4 nitrogen and oxygen atoms in total. The summed E-state index contributed by atoms with van der Waals surface area (Å²) in [5.41, 5.74) is 3.16. The van der Waals surface area contributed by atoms with Gasteiger partial charge in [0.15, 0.2) is 0 Å². The zero-order chi connectivity index (χ0) is 14.8. The molecule has 1 aromatic carbocycles. The summed E-state index contributed by atoms with van der Waals surface area (Å²) in [6.45, 7) is 5.33. The molecule has 4 heteroatoms. The number of aromatic nitrogens is 1. The van der Waals surface area contributed by atoms with Crippen LogP contribution in [-0.4, -0.2) is 34.9 Å². The molecule has 0 bridgehead atoms. The first kappa shape index (κ1) is 13.9. The largest absolute Gasteiger partial charge is 0.380 e. The molecule has 0 atom stereocenters. The van der Waals surface area contributed by atoms with Gasteiger partial charge in [0.2, 0.25) is 5.91 Å². The van der Waals surface area contributed by atoms with E-state index in [4.69, 9.17) is 0 Å². The first-order valence-electron chi connectivity index (χ1n) is 7.52. The summed E-state index contributed by atoms with van der Waals surface area (Å²) in [7, 11) is 0. The highest BCUT2D eigenvalue weighted by atomic mass is 16.2. The normalized spacial score (nSPS) is 16.2. The number of nitrogens with one attached hydrogen (secondary N) is 1. The Kier molecular flexibility index (Phi) is 3.78. The maximum absolute atomic E-state index is 11.4. The van der Waals surface area contributed by atoms with Crippen LogP contribution in [0.5, 0.6) is 0 Å². The second-order valence-electron chi connectivity index (χ2n) is 5.75. The number of amides is 1. The van der Waals surface area contributed by atoms with Crippen LogP contribution in [0.4, 0.5) is 5.69 Å². The molecule has 0 saturated carbocycles. The lowest BCUT2D eigenvalue weighted by atomic mass is 10.0. The molecule has 1 aliphatic rings. The third-order valence-corrected chi connectivity index (χ3v) is 4.16. The van der Waals surface area contributed by atoms with Crippen molar-refractivity contribution in [3.05, 3.63) is 36.0 Å². The number of carbonyl (C=O) groups is 1. The smallest absolute Gasteiger partial charge is 0.219 e. The molecule has 1 N–H and O–H groups in total. The molecule has 110 valence electrons. The number of likely N-dealkylation sites (tertiary alicyclic amines) is 1. The minimum absolute atomic E-state index is 0.177. The summed E-state index contributed by atoms with van der Waals surface area (Å²) >= 11 is 0. The summed E-state index contributed by atoms with van der Waals surface area (Å²) in [5, 5.41) is 4.77. The van der Waals surface area contributed by atoms with Gasteiger partial charge < -0.3 is 10.2 Å². The quantitative estimate of drug-likeness (QED) is 0.921. The topological polar surface area (TPSA) is 45.2 Å². The van der Waals surface area contributed by atoms with Crippen molar-refractivity contribution in [1.29, 1.82) is 0 Å².